The Hall–Kier alpha value is -3.88. The molecular weight excluding hydrogens is 450 g/mol. The van der Waals surface area contributed by atoms with E-state index in [9.17, 15) is 19.2 Å². The van der Waals surface area contributed by atoms with Crippen LogP contribution in [0.25, 0.3) is 11.1 Å². The SMILES string of the molecule is CC[C@H](CC(=O)N1CCNC(=O)C1CC(=O)O)NC(=O)OCC1c2ccccc2-c2ccccc21. The third kappa shape index (κ3) is 5.29. The lowest BCUT2D eigenvalue weighted by molar-refractivity contribution is -0.148. The molecule has 9 heteroatoms. The first kappa shape index (κ1) is 24.3. The number of benzene rings is 2. The fraction of sp³-hybridized carbons (Fsp3) is 0.385. The van der Waals surface area contributed by atoms with Gasteiger partial charge in [-0.25, -0.2) is 4.79 Å². The van der Waals surface area contributed by atoms with Crippen LogP contribution < -0.4 is 10.6 Å². The van der Waals surface area contributed by atoms with Gasteiger partial charge >= 0.3 is 12.1 Å². The summed E-state index contributed by atoms with van der Waals surface area (Å²) < 4.78 is 5.57. The minimum absolute atomic E-state index is 0.0515. The van der Waals surface area contributed by atoms with Crippen molar-refractivity contribution in [2.24, 2.45) is 0 Å². The van der Waals surface area contributed by atoms with Gasteiger partial charge in [0.2, 0.25) is 11.8 Å². The number of nitrogens with zero attached hydrogens (tertiary/aromatic N) is 1. The molecular formula is C26H29N3O6. The van der Waals surface area contributed by atoms with Crippen LogP contribution in [0.4, 0.5) is 4.79 Å². The molecule has 0 aromatic heterocycles. The molecule has 0 radical (unpaired) electrons. The van der Waals surface area contributed by atoms with Crippen LogP contribution in [-0.2, 0) is 19.1 Å². The summed E-state index contributed by atoms with van der Waals surface area (Å²) in [5.41, 5.74) is 4.49. The molecule has 9 nitrogen and oxygen atoms in total. The molecule has 3 amide bonds. The Labute approximate surface area is 203 Å². The molecule has 1 fully saturated rings. The lowest BCUT2D eigenvalue weighted by Gasteiger charge is -2.35. The third-order valence-corrected chi connectivity index (χ3v) is 6.60. The molecule has 2 aromatic carbocycles. The maximum Gasteiger partial charge on any atom is 0.407 e. The van der Waals surface area contributed by atoms with Gasteiger partial charge in [-0.15, -0.1) is 0 Å². The van der Waals surface area contributed by atoms with Crippen LogP contribution in [0, 0.1) is 0 Å². The fourth-order valence-corrected chi connectivity index (χ4v) is 4.81. The molecule has 0 saturated carbocycles. The van der Waals surface area contributed by atoms with Crippen LogP contribution in [0.15, 0.2) is 48.5 Å². The van der Waals surface area contributed by atoms with Crippen molar-refractivity contribution in [1.82, 2.24) is 15.5 Å². The zero-order valence-corrected chi connectivity index (χ0v) is 19.5. The zero-order valence-electron chi connectivity index (χ0n) is 19.5. The highest BCUT2D eigenvalue weighted by atomic mass is 16.5. The van der Waals surface area contributed by atoms with E-state index in [1.165, 1.54) is 4.90 Å². The number of piperazine rings is 1. The molecule has 2 aromatic rings. The molecule has 4 rings (SSSR count). The van der Waals surface area contributed by atoms with Crippen LogP contribution in [0.1, 0.15) is 43.2 Å². The third-order valence-electron chi connectivity index (χ3n) is 6.60. The van der Waals surface area contributed by atoms with Crippen LogP contribution >= 0.6 is 0 Å². The van der Waals surface area contributed by atoms with Gasteiger partial charge in [-0.05, 0) is 28.7 Å². The Kier molecular flexibility index (Phi) is 7.33. The summed E-state index contributed by atoms with van der Waals surface area (Å²) in [5.74, 6) is -2.09. The topological polar surface area (TPSA) is 125 Å². The van der Waals surface area contributed by atoms with E-state index < -0.39 is 36.5 Å². The second-order valence-corrected chi connectivity index (χ2v) is 8.77. The maximum absolute atomic E-state index is 12.9. The standard InChI is InChI=1S/C26H29N3O6/c1-2-16(13-23(30)29-12-11-27-25(33)22(29)14-24(31)32)28-26(34)35-15-21-19-9-5-3-7-17(19)18-8-4-6-10-20(18)21/h3-10,16,21-22H,2,11-15H2,1H3,(H,27,33)(H,28,34)(H,31,32)/t16-,22?/m1/s1. The second kappa shape index (κ2) is 10.6. The molecule has 1 heterocycles. The molecule has 1 aliphatic heterocycles. The molecule has 0 spiro atoms. The Morgan fingerprint density at radius 2 is 1.74 bits per heavy atom. The number of hydrogen-bond donors (Lipinski definition) is 3. The number of amides is 3. The lowest BCUT2D eigenvalue weighted by atomic mass is 9.98. The predicted octanol–water partition coefficient (Wildman–Crippen LogP) is 2.50. The Bertz CT molecular complexity index is 1090. The highest BCUT2D eigenvalue weighted by Crippen LogP contribution is 2.44. The Morgan fingerprint density at radius 3 is 2.34 bits per heavy atom. The van der Waals surface area contributed by atoms with Crippen molar-refractivity contribution in [3.05, 3.63) is 59.7 Å². The van der Waals surface area contributed by atoms with E-state index in [-0.39, 0.29) is 37.9 Å². The summed E-state index contributed by atoms with van der Waals surface area (Å²) in [6.45, 7) is 2.48. The van der Waals surface area contributed by atoms with Crippen LogP contribution in [-0.4, -0.2) is 65.7 Å². The monoisotopic (exact) mass is 479 g/mol. The van der Waals surface area contributed by atoms with Gasteiger partial charge in [0, 0.05) is 31.5 Å². The number of carbonyl (C=O) groups excluding carboxylic acids is 3. The van der Waals surface area contributed by atoms with Crippen molar-refractivity contribution >= 4 is 23.9 Å². The predicted molar refractivity (Wildman–Crippen MR) is 128 cm³/mol. The zero-order chi connectivity index (χ0) is 24.9. The molecule has 1 aliphatic carbocycles. The van der Waals surface area contributed by atoms with Crippen molar-refractivity contribution < 1.29 is 29.0 Å². The number of nitrogens with one attached hydrogen (secondary N) is 2. The minimum Gasteiger partial charge on any atom is -0.481 e. The molecule has 2 aliphatic rings. The average Bonchev–Trinajstić information content (AvgIpc) is 3.17. The minimum atomic E-state index is -1.16. The summed E-state index contributed by atoms with van der Waals surface area (Å²) >= 11 is 0. The van der Waals surface area contributed by atoms with Crippen molar-refractivity contribution in [2.75, 3.05) is 19.7 Å². The van der Waals surface area contributed by atoms with Gasteiger partial charge in [-0.1, -0.05) is 55.5 Å². The number of rotatable bonds is 8. The van der Waals surface area contributed by atoms with E-state index in [1.54, 1.807) is 0 Å². The summed E-state index contributed by atoms with van der Waals surface area (Å²) in [6, 6.07) is 14.5. The van der Waals surface area contributed by atoms with E-state index in [0.29, 0.717) is 6.42 Å². The van der Waals surface area contributed by atoms with Crippen LogP contribution in [0.3, 0.4) is 0 Å². The summed E-state index contributed by atoms with van der Waals surface area (Å²) in [6.07, 6.45) is -0.664. The number of fused-ring (bicyclic) bond motifs is 3. The van der Waals surface area contributed by atoms with Crippen molar-refractivity contribution in [1.29, 1.82) is 0 Å². The number of carbonyl (C=O) groups is 4. The van der Waals surface area contributed by atoms with E-state index in [4.69, 9.17) is 9.84 Å². The van der Waals surface area contributed by atoms with Gasteiger partial charge in [-0.2, -0.15) is 0 Å². The molecule has 1 saturated heterocycles. The van der Waals surface area contributed by atoms with E-state index in [2.05, 4.69) is 22.8 Å². The first-order chi connectivity index (χ1) is 16.9. The summed E-state index contributed by atoms with van der Waals surface area (Å²) in [5, 5.41) is 14.5. The maximum atomic E-state index is 12.9. The number of carboxylic acids is 1. The van der Waals surface area contributed by atoms with Gasteiger partial charge in [0.1, 0.15) is 12.6 Å². The molecule has 0 bridgehead atoms. The van der Waals surface area contributed by atoms with Gasteiger partial charge in [0.15, 0.2) is 0 Å². The van der Waals surface area contributed by atoms with Gasteiger partial charge in [0.05, 0.1) is 6.42 Å². The molecule has 3 N–H and O–H groups in total. The highest BCUT2D eigenvalue weighted by molar-refractivity contribution is 5.92. The number of carboxylic acid groups (broad SMARTS) is 1. The second-order valence-electron chi connectivity index (χ2n) is 8.77. The smallest absolute Gasteiger partial charge is 0.407 e. The summed E-state index contributed by atoms with van der Waals surface area (Å²) in [7, 11) is 0. The van der Waals surface area contributed by atoms with Gasteiger partial charge in [-0.3, -0.25) is 14.4 Å². The number of alkyl carbamates (subject to hydrolysis) is 1. The molecule has 35 heavy (non-hydrogen) atoms. The Morgan fingerprint density at radius 1 is 1.11 bits per heavy atom. The lowest BCUT2D eigenvalue weighted by Crippen LogP contribution is -2.58. The van der Waals surface area contributed by atoms with Crippen molar-refractivity contribution in [3.8, 4) is 11.1 Å². The van der Waals surface area contributed by atoms with Crippen molar-refractivity contribution in [3.63, 3.8) is 0 Å². The highest BCUT2D eigenvalue weighted by Gasteiger charge is 2.35. The van der Waals surface area contributed by atoms with E-state index in [0.717, 1.165) is 22.3 Å². The fourth-order valence-electron chi connectivity index (χ4n) is 4.81. The Balaban J connectivity index is 1.36. The first-order valence-corrected chi connectivity index (χ1v) is 11.8. The van der Waals surface area contributed by atoms with Gasteiger partial charge in [0.25, 0.3) is 0 Å². The van der Waals surface area contributed by atoms with Crippen LogP contribution in [0.2, 0.25) is 0 Å². The number of hydrogen-bond acceptors (Lipinski definition) is 5. The van der Waals surface area contributed by atoms with E-state index >= 15 is 0 Å². The average molecular weight is 480 g/mol. The first-order valence-electron chi connectivity index (χ1n) is 11.8. The largest absolute Gasteiger partial charge is 0.481 e. The van der Waals surface area contributed by atoms with Crippen molar-refractivity contribution in [2.45, 2.75) is 44.2 Å². The quantitative estimate of drug-likeness (QED) is 0.534. The number of ether oxygens (including phenoxy) is 1. The normalized spacial score (nSPS) is 17.7. The van der Waals surface area contributed by atoms with Gasteiger partial charge < -0.3 is 25.4 Å². The number of aliphatic carboxylic acids is 1. The summed E-state index contributed by atoms with van der Waals surface area (Å²) in [4.78, 5) is 50.0. The molecule has 1 unspecified atom stereocenters. The molecule has 2 atom stereocenters. The van der Waals surface area contributed by atoms with E-state index in [1.807, 2.05) is 43.3 Å². The molecule has 184 valence electrons. The van der Waals surface area contributed by atoms with Crippen LogP contribution in [0.5, 0.6) is 0 Å².